The molecule has 1 heterocycles. The van der Waals surface area contributed by atoms with Crippen LogP contribution in [0.4, 0.5) is 5.69 Å². The Bertz CT molecular complexity index is 699. The smallest absolute Gasteiger partial charge is 0.238 e. The summed E-state index contributed by atoms with van der Waals surface area (Å²) in [5.74, 6) is -0.550. The molecule has 0 saturated carbocycles. The van der Waals surface area contributed by atoms with Crippen molar-refractivity contribution in [2.75, 3.05) is 36.5 Å². The molecule has 24 heavy (non-hydrogen) atoms. The van der Waals surface area contributed by atoms with Gasteiger partial charge in [0.05, 0.1) is 34.9 Å². The normalized spacial score (nSPS) is 22.5. The van der Waals surface area contributed by atoms with E-state index >= 15 is 0 Å². The van der Waals surface area contributed by atoms with E-state index in [0.29, 0.717) is 28.8 Å². The van der Waals surface area contributed by atoms with Crippen molar-refractivity contribution >= 4 is 44.6 Å². The average molecular weight is 396 g/mol. The Kier molecular flexibility index (Phi) is 6.85. The zero-order valence-corrected chi connectivity index (χ0v) is 15.1. The number of sulfone groups is 1. The van der Waals surface area contributed by atoms with Gasteiger partial charge in [0.1, 0.15) is 0 Å². The minimum Gasteiger partial charge on any atom is -0.390 e. The van der Waals surface area contributed by atoms with E-state index in [1.165, 1.54) is 0 Å². The van der Waals surface area contributed by atoms with Crippen LogP contribution in [0.25, 0.3) is 0 Å². The highest BCUT2D eigenvalue weighted by molar-refractivity contribution is 7.91. The van der Waals surface area contributed by atoms with E-state index in [4.69, 9.17) is 23.2 Å². The van der Waals surface area contributed by atoms with Crippen molar-refractivity contribution in [1.29, 1.82) is 0 Å². The third-order valence-corrected chi connectivity index (χ3v) is 5.80. The molecule has 134 valence electrons. The van der Waals surface area contributed by atoms with Gasteiger partial charge in [-0.3, -0.25) is 4.79 Å². The summed E-state index contributed by atoms with van der Waals surface area (Å²) in [7, 11) is -3.16. The lowest BCUT2D eigenvalue weighted by molar-refractivity contribution is -0.115. The van der Waals surface area contributed by atoms with E-state index in [1.807, 2.05) is 0 Å². The third-order valence-electron chi connectivity index (χ3n) is 3.52. The zero-order valence-electron chi connectivity index (χ0n) is 12.8. The Morgan fingerprint density at radius 2 is 2.00 bits per heavy atom. The molecule has 0 bridgehead atoms. The molecule has 1 amide bonds. The summed E-state index contributed by atoms with van der Waals surface area (Å²) >= 11 is 11.8. The molecule has 7 nitrogen and oxygen atoms in total. The topological polar surface area (TPSA) is 108 Å². The van der Waals surface area contributed by atoms with Gasteiger partial charge in [-0.15, -0.1) is 0 Å². The van der Waals surface area contributed by atoms with E-state index in [9.17, 15) is 18.3 Å². The summed E-state index contributed by atoms with van der Waals surface area (Å²) < 4.78 is 22.7. The molecule has 1 aliphatic heterocycles. The van der Waals surface area contributed by atoms with Crippen LogP contribution >= 0.6 is 23.2 Å². The van der Waals surface area contributed by atoms with Gasteiger partial charge in [-0.25, -0.2) is 8.42 Å². The van der Waals surface area contributed by atoms with Gasteiger partial charge >= 0.3 is 0 Å². The molecule has 0 aliphatic carbocycles. The van der Waals surface area contributed by atoms with Crippen LogP contribution in [-0.4, -0.2) is 62.7 Å². The molecule has 0 radical (unpaired) electrons. The van der Waals surface area contributed by atoms with Crippen molar-refractivity contribution in [1.82, 2.24) is 10.6 Å². The van der Waals surface area contributed by atoms with Crippen molar-refractivity contribution in [2.24, 2.45) is 0 Å². The predicted octanol–water partition coefficient (Wildman–Crippen LogP) is 0.269. The van der Waals surface area contributed by atoms with E-state index in [2.05, 4.69) is 16.0 Å². The van der Waals surface area contributed by atoms with Crippen molar-refractivity contribution in [3.63, 3.8) is 0 Å². The van der Waals surface area contributed by atoms with Gasteiger partial charge in [-0.1, -0.05) is 23.2 Å². The maximum atomic E-state index is 11.8. The molecule has 1 fully saturated rings. The van der Waals surface area contributed by atoms with Gasteiger partial charge in [-0.05, 0) is 18.2 Å². The number of amides is 1. The van der Waals surface area contributed by atoms with Crippen molar-refractivity contribution in [2.45, 2.75) is 12.1 Å². The summed E-state index contributed by atoms with van der Waals surface area (Å²) in [5.41, 5.74) is 0.438. The molecule has 1 saturated heterocycles. The van der Waals surface area contributed by atoms with Gasteiger partial charge in [0.2, 0.25) is 5.91 Å². The highest BCUT2D eigenvalue weighted by Gasteiger charge is 2.35. The summed E-state index contributed by atoms with van der Waals surface area (Å²) in [5, 5.41) is 19.0. The molecular formula is C14H19Cl2N3O4S. The van der Waals surface area contributed by atoms with E-state index < -0.39 is 22.0 Å². The number of aliphatic hydroxyl groups excluding tert-OH is 1. The largest absolute Gasteiger partial charge is 0.390 e. The van der Waals surface area contributed by atoms with Crippen LogP contribution in [0.3, 0.4) is 0 Å². The number of hydrogen-bond acceptors (Lipinski definition) is 6. The van der Waals surface area contributed by atoms with Crippen LogP contribution in [0.2, 0.25) is 10.0 Å². The van der Waals surface area contributed by atoms with E-state index in [1.54, 1.807) is 18.2 Å². The van der Waals surface area contributed by atoms with Gasteiger partial charge in [0.15, 0.2) is 9.84 Å². The average Bonchev–Trinajstić information content (AvgIpc) is 2.75. The number of aliphatic hydroxyl groups is 1. The minimum atomic E-state index is -3.16. The van der Waals surface area contributed by atoms with Crippen LogP contribution in [-0.2, 0) is 14.6 Å². The molecule has 0 spiro atoms. The standard InChI is InChI=1S/C14H19Cl2N3O4S/c15-9-1-2-10(16)11(5-9)19-14(21)6-17-3-4-18-12-7-24(22,23)8-13(12)20/h1-2,5,12-13,17-18,20H,3-4,6-8H2,(H,19,21). The molecule has 1 aliphatic rings. The predicted molar refractivity (Wildman–Crippen MR) is 94.4 cm³/mol. The highest BCUT2D eigenvalue weighted by Crippen LogP contribution is 2.25. The zero-order chi connectivity index (χ0) is 17.7. The number of carbonyl (C=O) groups is 1. The Balaban J connectivity index is 1.65. The summed E-state index contributed by atoms with van der Waals surface area (Å²) in [6, 6.07) is 4.32. The SMILES string of the molecule is O=C(CNCCNC1CS(=O)(=O)CC1O)Nc1cc(Cl)ccc1Cl. The lowest BCUT2D eigenvalue weighted by Gasteiger charge is -2.15. The molecule has 10 heteroatoms. The van der Waals surface area contributed by atoms with Crippen LogP contribution in [0.15, 0.2) is 18.2 Å². The molecule has 2 atom stereocenters. The molecule has 2 unspecified atom stereocenters. The number of rotatable bonds is 7. The summed E-state index contributed by atoms with van der Waals surface area (Å²) in [4.78, 5) is 11.8. The number of anilines is 1. The monoisotopic (exact) mass is 395 g/mol. The third kappa shape index (κ3) is 5.87. The Hall–Kier alpha value is -0.900. The van der Waals surface area contributed by atoms with Crippen molar-refractivity contribution in [3.8, 4) is 0 Å². The number of hydrogen-bond donors (Lipinski definition) is 4. The lowest BCUT2D eigenvalue weighted by Crippen LogP contribution is -2.43. The van der Waals surface area contributed by atoms with Crippen molar-refractivity contribution in [3.05, 3.63) is 28.2 Å². The molecule has 2 rings (SSSR count). The second-order valence-corrected chi connectivity index (χ2v) is 8.55. The number of carbonyl (C=O) groups excluding carboxylic acids is 1. The first kappa shape index (κ1) is 19.4. The maximum absolute atomic E-state index is 11.8. The molecule has 1 aromatic carbocycles. The molecule has 0 aromatic heterocycles. The van der Waals surface area contributed by atoms with E-state index in [-0.39, 0.29) is 24.0 Å². The van der Waals surface area contributed by atoms with Gasteiger partial charge in [0, 0.05) is 24.2 Å². The fraction of sp³-hybridized carbons (Fsp3) is 0.500. The van der Waals surface area contributed by atoms with Crippen LogP contribution < -0.4 is 16.0 Å². The van der Waals surface area contributed by atoms with Gasteiger partial charge in [-0.2, -0.15) is 0 Å². The van der Waals surface area contributed by atoms with Gasteiger partial charge in [0.25, 0.3) is 0 Å². The first-order valence-corrected chi connectivity index (χ1v) is 9.92. The van der Waals surface area contributed by atoms with E-state index in [0.717, 1.165) is 0 Å². The summed E-state index contributed by atoms with van der Waals surface area (Å²) in [6.45, 7) is 0.943. The molecule has 4 N–H and O–H groups in total. The van der Waals surface area contributed by atoms with Crippen LogP contribution in [0.5, 0.6) is 0 Å². The fourth-order valence-corrected chi connectivity index (χ4v) is 4.47. The van der Waals surface area contributed by atoms with Crippen molar-refractivity contribution < 1.29 is 18.3 Å². The molecule has 1 aromatic rings. The first-order chi connectivity index (χ1) is 11.3. The quantitative estimate of drug-likeness (QED) is 0.493. The highest BCUT2D eigenvalue weighted by atomic mass is 35.5. The molecular weight excluding hydrogens is 377 g/mol. The Morgan fingerprint density at radius 3 is 2.67 bits per heavy atom. The number of benzene rings is 1. The maximum Gasteiger partial charge on any atom is 0.238 e. The van der Waals surface area contributed by atoms with Gasteiger partial charge < -0.3 is 21.1 Å². The lowest BCUT2D eigenvalue weighted by atomic mass is 10.2. The Labute approximate surface area is 150 Å². The van der Waals surface area contributed by atoms with Crippen LogP contribution in [0.1, 0.15) is 0 Å². The Morgan fingerprint density at radius 1 is 1.25 bits per heavy atom. The first-order valence-electron chi connectivity index (χ1n) is 7.34. The second-order valence-electron chi connectivity index (χ2n) is 5.55. The summed E-state index contributed by atoms with van der Waals surface area (Å²) in [6.07, 6.45) is -0.886. The second kappa shape index (κ2) is 8.46. The fourth-order valence-electron chi connectivity index (χ4n) is 2.36. The number of halogens is 2. The minimum absolute atomic E-state index is 0.0655. The van der Waals surface area contributed by atoms with Crippen LogP contribution in [0, 0.1) is 0 Å². The number of nitrogens with one attached hydrogen (secondary N) is 3.